The van der Waals surface area contributed by atoms with Gasteiger partial charge in [-0.15, -0.1) is 0 Å². The van der Waals surface area contributed by atoms with Crippen LogP contribution in [0.4, 0.5) is 0 Å². The van der Waals surface area contributed by atoms with Crippen LogP contribution in [0.2, 0.25) is 0 Å². The van der Waals surface area contributed by atoms with Gasteiger partial charge in [0.2, 0.25) is 0 Å². The van der Waals surface area contributed by atoms with Gasteiger partial charge in [0, 0.05) is 0 Å². The summed E-state index contributed by atoms with van der Waals surface area (Å²) in [6, 6.07) is 0. The first kappa shape index (κ1) is 11.9. The molecular formula is C11H14O7. The van der Waals surface area contributed by atoms with Crippen LogP contribution in [-0.4, -0.2) is 61.3 Å². The van der Waals surface area contributed by atoms with E-state index in [2.05, 4.69) is 4.74 Å². The zero-order valence-corrected chi connectivity index (χ0v) is 9.61. The van der Waals surface area contributed by atoms with Crippen molar-refractivity contribution in [3.8, 4) is 0 Å². The maximum atomic E-state index is 11.4. The predicted molar refractivity (Wildman–Crippen MR) is 54.4 cm³/mol. The predicted octanol–water partition coefficient (Wildman–Crippen LogP) is -1.38. The lowest BCUT2D eigenvalue weighted by molar-refractivity contribution is -0.151. The molecule has 100 valence electrons. The summed E-state index contributed by atoms with van der Waals surface area (Å²) in [5.74, 6) is -1.02. The van der Waals surface area contributed by atoms with E-state index in [1.165, 1.54) is 0 Å². The minimum absolute atomic E-state index is 0.0668. The third kappa shape index (κ3) is 1.79. The Morgan fingerprint density at radius 3 is 3.00 bits per heavy atom. The fourth-order valence-electron chi connectivity index (χ4n) is 2.83. The molecule has 0 aromatic rings. The van der Waals surface area contributed by atoms with Gasteiger partial charge < -0.3 is 24.1 Å². The van der Waals surface area contributed by atoms with Gasteiger partial charge >= 0.3 is 11.9 Å². The quantitative estimate of drug-likeness (QED) is 0.480. The summed E-state index contributed by atoms with van der Waals surface area (Å²) in [4.78, 5) is 22.1. The topological polar surface area (TPSA) is 91.3 Å². The summed E-state index contributed by atoms with van der Waals surface area (Å²) in [5, 5.41) is 8.45. The first-order valence-corrected chi connectivity index (χ1v) is 5.94. The van der Waals surface area contributed by atoms with Gasteiger partial charge in [-0.25, -0.2) is 4.79 Å². The van der Waals surface area contributed by atoms with Crippen molar-refractivity contribution in [1.29, 1.82) is 0 Å². The van der Waals surface area contributed by atoms with Crippen LogP contribution in [0.15, 0.2) is 0 Å². The van der Waals surface area contributed by atoms with Gasteiger partial charge in [0.1, 0.15) is 25.4 Å². The van der Waals surface area contributed by atoms with Crippen molar-refractivity contribution in [2.45, 2.75) is 30.8 Å². The molecule has 2 bridgehead atoms. The van der Waals surface area contributed by atoms with E-state index < -0.39 is 12.6 Å². The average molecular weight is 258 g/mol. The third-order valence-corrected chi connectivity index (χ3v) is 3.57. The number of aliphatic hydroxyl groups excluding tert-OH is 1. The van der Waals surface area contributed by atoms with Crippen LogP contribution in [0.3, 0.4) is 0 Å². The van der Waals surface area contributed by atoms with E-state index in [-0.39, 0.29) is 49.5 Å². The third-order valence-electron chi connectivity index (χ3n) is 3.57. The van der Waals surface area contributed by atoms with Crippen molar-refractivity contribution in [3.63, 3.8) is 0 Å². The Balaban J connectivity index is 1.47. The van der Waals surface area contributed by atoms with Crippen molar-refractivity contribution in [2.24, 2.45) is 5.92 Å². The second-order valence-electron chi connectivity index (χ2n) is 4.60. The maximum absolute atomic E-state index is 11.4. The highest BCUT2D eigenvalue weighted by Gasteiger charge is 2.64. The monoisotopic (exact) mass is 258 g/mol. The smallest absolute Gasteiger partial charge is 0.331 e. The lowest BCUT2D eigenvalue weighted by Gasteiger charge is -2.22. The molecule has 0 aromatic carbocycles. The highest BCUT2D eigenvalue weighted by molar-refractivity contribution is 5.77. The number of hydrogen-bond acceptors (Lipinski definition) is 7. The first-order valence-electron chi connectivity index (χ1n) is 5.94. The molecule has 0 saturated carbocycles. The summed E-state index contributed by atoms with van der Waals surface area (Å²) >= 11 is 0. The molecule has 0 spiro atoms. The molecule has 3 rings (SSSR count). The summed E-state index contributed by atoms with van der Waals surface area (Å²) in [7, 11) is 0. The van der Waals surface area contributed by atoms with Crippen LogP contribution in [0.5, 0.6) is 0 Å². The molecular weight excluding hydrogens is 244 g/mol. The summed E-state index contributed by atoms with van der Waals surface area (Å²) in [5.41, 5.74) is 0. The molecule has 0 radical (unpaired) electrons. The highest BCUT2D eigenvalue weighted by Crippen LogP contribution is 2.47. The highest BCUT2D eigenvalue weighted by atomic mass is 16.6. The van der Waals surface area contributed by atoms with Crippen LogP contribution in [-0.2, 0) is 28.5 Å². The molecule has 1 N–H and O–H groups in total. The van der Waals surface area contributed by atoms with E-state index in [1.807, 2.05) is 0 Å². The molecule has 0 amide bonds. The molecule has 7 heteroatoms. The second kappa shape index (κ2) is 4.49. The Bertz CT molecular complexity index is 368. The summed E-state index contributed by atoms with van der Waals surface area (Å²) < 4.78 is 21.1. The molecule has 0 aromatic heterocycles. The fraction of sp³-hybridized carbons (Fsp3) is 0.818. The standard InChI is InChI=1S/C11H14O7/c12-4-7(13)15-1-2-16-9-6-3-5-8(17-6)10(9)18-11(5)14/h5-6,8-10,12H,1-4H2. The van der Waals surface area contributed by atoms with Crippen molar-refractivity contribution in [2.75, 3.05) is 19.8 Å². The van der Waals surface area contributed by atoms with Gasteiger partial charge in [-0.05, 0) is 6.42 Å². The molecule has 3 saturated heterocycles. The summed E-state index contributed by atoms with van der Waals surface area (Å²) in [6.07, 6.45) is -0.237. The average Bonchev–Trinajstić information content (AvgIpc) is 2.97. The van der Waals surface area contributed by atoms with E-state index >= 15 is 0 Å². The van der Waals surface area contributed by atoms with E-state index in [0.717, 1.165) is 0 Å². The summed E-state index contributed by atoms with van der Waals surface area (Å²) in [6.45, 7) is -0.377. The Morgan fingerprint density at radius 2 is 2.22 bits per heavy atom. The van der Waals surface area contributed by atoms with E-state index in [1.54, 1.807) is 0 Å². The molecule has 5 unspecified atom stereocenters. The maximum Gasteiger partial charge on any atom is 0.331 e. The molecule has 5 atom stereocenters. The zero-order chi connectivity index (χ0) is 12.7. The molecule has 3 aliphatic heterocycles. The van der Waals surface area contributed by atoms with Gasteiger partial charge in [-0.2, -0.15) is 0 Å². The van der Waals surface area contributed by atoms with Crippen molar-refractivity contribution in [1.82, 2.24) is 0 Å². The Kier molecular flexibility index (Phi) is 2.96. The molecule has 3 aliphatic rings. The number of hydrogen-bond donors (Lipinski definition) is 1. The number of fused-ring (bicyclic) bond motifs is 1. The van der Waals surface area contributed by atoms with Crippen LogP contribution in [0.25, 0.3) is 0 Å². The van der Waals surface area contributed by atoms with Crippen molar-refractivity contribution < 1.29 is 33.6 Å². The SMILES string of the molecule is O=C(CO)OCCOC1C2CC3C(=O)OC1C3O2. The van der Waals surface area contributed by atoms with Gasteiger partial charge in [0.05, 0.1) is 18.6 Å². The van der Waals surface area contributed by atoms with Gasteiger partial charge in [-0.1, -0.05) is 0 Å². The number of aliphatic hydroxyl groups is 1. The van der Waals surface area contributed by atoms with Crippen LogP contribution in [0.1, 0.15) is 6.42 Å². The molecule has 7 nitrogen and oxygen atoms in total. The van der Waals surface area contributed by atoms with Crippen LogP contribution >= 0.6 is 0 Å². The lowest BCUT2D eigenvalue weighted by Crippen LogP contribution is -2.39. The number of rotatable bonds is 5. The number of carbonyl (C=O) groups excluding carboxylic acids is 2. The number of carbonyl (C=O) groups is 2. The second-order valence-corrected chi connectivity index (χ2v) is 4.60. The fourth-order valence-corrected chi connectivity index (χ4v) is 2.83. The molecule has 18 heavy (non-hydrogen) atoms. The van der Waals surface area contributed by atoms with Crippen molar-refractivity contribution in [3.05, 3.63) is 0 Å². The molecule has 0 aliphatic carbocycles. The minimum atomic E-state index is -0.685. The Morgan fingerprint density at radius 1 is 1.39 bits per heavy atom. The van der Waals surface area contributed by atoms with Gasteiger partial charge in [0.25, 0.3) is 0 Å². The van der Waals surface area contributed by atoms with Gasteiger partial charge in [-0.3, -0.25) is 4.79 Å². The van der Waals surface area contributed by atoms with Gasteiger partial charge in [0.15, 0.2) is 6.10 Å². The molecule has 3 heterocycles. The van der Waals surface area contributed by atoms with Crippen molar-refractivity contribution >= 4 is 11.9 Å². The largest absolute Gasteiger partial charge is 0.462 e. The van der Waals surface area contributed by atoms with E-state index in [9.17, 15) is 9.59 Å². The van der Waals surface area contributed by atoms with Crippen LogP contribution < -0.4 is 0 Å². The minimum Gasteiger partial charge on any atom is -0.462 e. The van der Waals surface area contributed by atoms with Crippen LogP contribution in [0, 0.1) is 5.92 Å². The zero-order valence-electron chi connectivity index (χ0n) is 9.61. The normalized spacial score (nSPS) is 40.1. The Hall–Kier alpha value is -1.18. The van der Waals surface area contributed by atoms with E-state index in [4.69, 9.17) is 19.3 Å². The molecule has 3 fully saturated rings. The Labute approximate surface area is 103 Å². The number of ether oxygens (including phenoxy) is 4. The lowest BCUT2D eigenvalue weighted by atomic mass is 9.88. The first-order chi connectivity index (χ1) is 8.70. The van der Waals surface area contributed by atoms with E-state index in [0.29, 0.717) is 6.42 Å². The number of esters is 2.